The van der Waals surface area contributed by atoms with Crippen molar-refractivity contribution < 1.29 is 14.3 Å². The lowest BCUT2D eigenvalue weighted by Gasteiger charge is -2.27. The lowest BCUT2D eigenvalue weighted by Crippen LogP contribution is -2.49. The molecule has 0 spiro atoms. The molecule has 110 valence electrons. The molecule has 21 heavy (non-hydrogen) atoms. The molecule has 5 heteroatoms. The van der Waals surface area contributed by atoms with Crippen LogP contribution < -0.4 is 5.32 Å². The van der Waals surface area contributed by atoms with Crippen LogP contribution in [0.5, 0.6) is 0 Å². The second-order valence-corrected chi connectivity index (χ2v) is 4.73. The van der Waals surface area contributed by atoms with Crippen molar-refractivity contribution in [2.45, 2.75) is 19.9 Å². The fourth-order valence-corrected chi connectivity index (χ4v) is 2.24. The van der Waals surface area contributed by atoms with Gasteiger partial charge in [-0.25, -0.2) is 9.79 Å². The van der Waals surface area contributed by atoms with Crippen LogP contribution in [0.3, 0.4) is 0 Å². The topological polar surface area (TPSA) is 67.8 Å². The largest absolute Gasteiger partial charge is 0.465 e. The van der Waals surface area contributed by atoms with Crippen LogP contribution in [0, 0.1) is 5.92 Å². The van der Waals surface area contributed by atoms with Gasteiger partial charge in [-0.15, -0.1) is 0 Å². The van der Waals surface area contributed by atoms with Gasteiger partial charge in [-0.05, 0) is 19.4 Å². The summed E-state index contributed by atoms with van der Waals surface area (Å²) in [4.78, 5) is 27.4. The van der Waals surface area contributed by atoms with E-state index < -0.39 is 18.0 Å². The summed E-state index contributed by atoms with van der Waals surface area (Å²) < 4.78 is 5.06. The summed E-state index contributed by atoms with van der Waals surface area (Å²) >= 11 is 0. The third kappa shape index (κ3) is 3.78. The Kier molecular flexibility index (Phi) is 4.87. The Balaban J connectivity index is 2.22. The number of esters is 1. The normalized spacial score (nSPS) is 21.8. The molecular formula is C16H18N2O3. The fourth-order valence-electron chi connectivity index (χ4n) is 2.24. The number of nitrogens with one attached hydrogen (secondary N) is 1. The molecule has 0 bridgehead atoms. The molecule has 5 nitrogen and oxygen atoms in total. The first-order valence-electron chi connectivity index (χ1n) is 6.87. The van der Waals surface area contributed by atoms with Gasteiger partial charge in [-0.1, -0.05) is 42.5 Å². The maximum Gasteiger partial charge on any atom is 0.341 e. The molecule has 2 amide bonds. The molecule has 0 aliphatic carbocycles. The third-order valence-corrected chi connectivity index (χ3v) is 3.21. The van der Waals surface area contributed by atoms with Crippen molar-refractivity contribution in [3.05, 3.63) is 42.0 Å². The van der Waals surface area contributed by atoms with Crippen molar-refractivity contribution in [3.63, 3.8) is 0 Å². The highest BCUT2D eigenvalue weighted by Crippen LogP contribution is 2.17. The molecule has 0 saturated carbocycles. The highest BCUT2D eigenvalue weighted by Gasteiger charge is 2.35. The Hall–Kier alpha value is -2.43. The molecule has 1 aliphatic rings. The van der Waals surface area contributed by atoms with Crippen LogP contribution in [0.1, 0.15) is 19.4 Å². The van der Waals surface area contributed by atoms with Gasteiger partial charge in [0.1, 0.15) is 5.92 Å². The summed E-state index contributed by atoms with van der Waals surface area (Å²) in [5.41, 5.74) is 1.47. The Morgan fingerprint density at radius 2 is 2.10 bits per heavy atom. The molecule has 2 atom stereocenters. The van der Waals surface area contributed by atoms with E-state index >= 15 is 0 Å². The van der Waals surface area contributed by atoms with E-state index in [9.17, 15) is 9.59 Å². The number of urea groups is 1. The summed E-state index contributed by atoms with van der Waals surface area (Å²) in [7, 11) is 0. The van der Waals surface area contributed by atoms with Crippen molar-refractivity contribution in [1.82, 2.24) is 5.32 Å². The van der Waals surface area contributed by atoms with E-state index in [2.05, 4.69) is 10.3 Å². The van der Waals surface area contributed by atoms with Gasteiger partial charge in [0.15, 0.2) is 0 Å². The predicted octanol–water partition coefficient (Wildman–Crippen LogP) is 2.43. The molecule has 1 heterocycles. The van der Waals surface area contributed by atoms with Gasteiger partial charge in [0.05, 0.1) is 12.6 Å². The fraction of sp³-hybridized carbons (Fsp3) is 0.312. The van der Waals surface area contributed by atoms with Crippen molar-refractivity contribution in [2.75, 3.05) is 6.61 Å². The zero-order valence-corrected chi connectivity index (χ0v) is 12.1. The first-order chi connectivity index (χ1) is 10.1. The number of rotatable bonds is 4. The standard InChI is InChI=1S/C16H18N2O3/c1-3-21-15(19)14-11(2)17-16(20)18-13(14)10-9-12-7-5-4-6-8-12/h4-10,13-14H,3H2,1-2H3,(H,18,20)/b10-9+/t13-,14+/m1/s1. The van der Waals surface area contributed by atoms with E-state index in [1.807, 2.05) is 36.4 Å². The smallest absolute Gasteiger partial charge is 0.341 e. The molecule has 1 aromatic carbocycles. The Bertz CT molecular complexity index is 578. The van der Waals surface area contributed by atoms with E-state index in [0.29, 0.717) is 12.3 Å². The lowest BCUT2D eigenvalue weighted by atomic mass is 9.93. The van der Waals surface area contributed by atoms with Crippen molar-refractivity contribution in [1.29, 1.82) is 0 Å². The number of carbonyl (C=O) groups excluding carboxylic acids is 2. The minimum atomic E-state index is -0.581. The van der Waals surface area contributed by atoms with Gasteiger partial charge >= 0.3 is 12.0 Å². The second kappa shape index (κ2) is 6.83. The number of amides is 2. The van der Waals surface area contributed by atoms with Gasteiger partial charge in [0.2, 0.25) is 0 Å². The molecular weight excluding hydrogens is 268 g/mol. The van der Waals surface area contributed by atoms with Gasteiger partial charge in [0.25, 0.3) is 0 Å². The quantitative estimate of drug-likeness (QED) is 0.864. The number of hydrogen-bond donors (Lipinski definition) is 1. The van der Waals surface area contributed by atoms with E-state index in [1.54, 1.807) is 19.9 Å². The van der Waals surface area contributed by atoms with Crippen molar-refractivity contribution >= 4 is 23.8 Å². The molecule has 0 saturated heterocycles. The molecule has 1 aromatic rings. The number of hydrogen-bond acceptors (Lipinski definition) is 3. The summed E-state index contributed by atoms with van der Waals surface area (Å²) in [6, 6.07) is 8.79. The summed E-state index contributed by atoms with van der Waals surface area (Å²) in [6.07, 6.45) is 3.67. The summed E-state index contributed by atoms with van der Waals surface area (Å²) in [6.45, 7) is 3.72. The summed E-state index contributed by atoms with van der Waals surface area (Å²) in [5, 5.41) is 2.69. The van der Waals surface area contributed by atoms with Gasteiger partial charge < -0.3 is 10.1 Å². The van der Waals surface area contributed by atoms with Crippen LogP contribution in [0.15, 0.2) is 41.4 Å². The SMILES string of the molecule is CCOC(=O)[C@H]1C(C)=NC(=O)N[C@@H]1/C=C/c1ccccc1. The average Bonchev–Trinajstić information content (AvgIpc) is 2.45. The Morgan fingerprint density at radius 1 is 1.38 bits per heavy atom. The van der Waals surface area contributed by atoms with Crippen molar-refractivity contribution in [2.24, 2.45) is 10.9 Å². The van der Waals surface area contributed by atoms with Crippen LogP contribution in [-0.4, -0.2) is 30.4 Å². The minimum absolute atomic E-state index is 0.297. The first kappa shape index (κ1) is 15.0. The van der Waals surface area contributed by atoms with E-state index in [1.165, 1.54) is 0 Å². The number of ether oxygens (including phenoxy) is 1. The van der Waals surface area contributed by atoms with Crippen LogP contribution in [0.2, 0.25) is 0 Å². The Labute approximate surface area is 123 Å². The second-order valence-electron chi connectivity index (χ2n) is 4.73. The van der Waals surface area contributed by atoms with Crippen LogP contribution >= 0.6 is 0 Å². The van der Waals surface area contributed by atoms with E-state index in [4.69, 9.17) is 4.74 Å². The monoisotopic (exact) mass is 286 g/mol. The lowest BCUT2D eigenvalue weighted by molar-refractivity contribution is -0.146. The number of aliphatic imine (C=N–C) groups is 1. The molecule has 0 fully saturated rings. The predicted molar refractivity (Wildman–Crippen MR) is 81.0 cm³/mol. The molecule has 2 rings (SSSR count). The highest BCUT2D eigenvalue weighted by molar-refractivity contribution is 6.08. The average molecular weight is 286 g/mol. The van der Waals surface area contributed by atoms with E-state index in [-0.39, 0.29) is 5.97 Å². The molecule has 0 radical (unpaired) electrons. The van der Waals surface area contributed by atoms with Gasteiger partial charge in [-0.3, -0.25) is 4.79 Å². The zero-order chi connectivity index (χ0) is 15.2. The van der Waals surface area contributed by atoms with Crippen LogP contribution in [0.25, 0.3) is 6.08 Å². The van der Waals surface area contributed by atoms with Crippen LogP contribution in [-0.2, 0) is 9.53 Å². The molecule has 1 aliphatic heterocycles. The molecule has 0 unspecified atom stereocenters. The first-order valence-corrected chi connectivity index (χ1v) is 6.87. The van der Waals surface area contributed by atoms with Crippen LogP contribution in [0.4, 0.5) is 4.79 Å². The minimum Gasteiger partial charge on any atom is -0.465 e. The molecule has 0 aromatic heterocycles. The maximum absolute atomic E-state index is 12.0. The number of carbonyl (C=O) groups is 2. The highest BCUT2D eigenvalue weighted by atomic mass is 16.5. The van der Waals surface area contributed by atoms with Crippen molar-refractivity contribution in [3.8, 4) is 0 Å². The number of benzene rings is 1. The maximum atomic E-state index is 12.0. The van der Waals surface area contributed by atoms with Gasteiger partial charge in [0, 0.05) is 5.71 Å². The van der Waals surface area contributed by atoms with Gasteiger partial charge in [-0.2, -0.15) is 0 Å². The number of nitrogens with zero attached hydrogens (tertiary/aromatic N) is 1. The zero-order valence-electron chi connectivity index (χ0n) is 12.1. The molecule has 1 N–H and O–H groups in total. The van der Waals surface area contributed by atoms with E-state index in [0.717, 1.165) is 5.56 Å². The third-order valence-electron chi connectivity index (χ3n) is 3.21. The summed E-state index contributed by atoms with van der Waals surface area (Å²) in [5.74, 6) is -0.955. The Morgan fingerprint density at radius 3 is 2.76 bits per heavy atom.